The fourth-order valence-electron chi connectivity index (χ4n) is 2.20. The van der Waals surface area contributed by atoms with Gasteiger partial charge in [-0.25, -0.2) is 0 Å². The maximum Gasteiger partial charge on any atom is 0.270 e. The Balaban J connectivity index is 2.27. The van der Waals surface area contributed by atoms with Crippen LogP contribution in [0.2, 0.25) is 0 Å². The van der Waals surface area contributed by atoms with Crippen LogP contribution in [0.15, 0.2) is 42.5 Å². The number of nitro benzene ring substituents is 1. The number of ketones is 2. The highest BCUT2D eigenvalue weighted by atomic mass is 16.6. The highest BCUT2D eigenvalue weighted by Gasteiger charge is 2.30. The number of hydrogen-bond donors (Lipinski definition) is 0. The first-order valence-electron chi connectivity index (χ1n) is 5.56. The Morgan fingerprint density at radius 2 is 1.32 bits per heavy atom. The first kappa shape index (κ1) is 11.3. The molecular formula is C14H7NO4. The molecule has 0 radical (unpaired) electrons. The highest BCUT2D eigenvalue weighted by molar-refractivity contribution is 6.28. The average Bonchev–Trinajstić information content (AvgIpc) is 2.44. The number of fused-ring (bicyclic) bond motifs is 2. The molecule has 0 N–H and O–H groups in total. The lowest BCUT2D eigenvalue weighted by Gasteiger charge is -2.16. The molecule has 0 amide bonds. The molecular weight excluding hydrogens is 246 g/mol. The summed E-state index contributed by atoms with van der Waals surface area (Å²) in [6.45, 7) is 0. The van der Waals surface area contributed by atoms with E-state index in [9.17, 15) is 19.7 Å². The number of rotatable bonds is 1. The first-order chi connectivity index (χ1) is 9.09. The second-order valence-corrected chi connectivity index (χ2v) is 4.19. The van der Waals surface area contributed by atoms with Crippen LogP contribution >= 0.6 is 0 Å². The number of nitro groups is 1. The van der Waals surface area contributed by atoms with E-state index in [4.69, 9.17) is 0 Å². The van der Waals surface area contributed by atoms with E-state index < -0.39 is 4.92 Å². The summed E-state index contributed by atoms with van der Waals surface area (Å²) >= 11 is 0. The van der Waals surface area contributed by atoms with E-state index in [1.807, 2.05) is 0 Å². The van der Waals surface area contributed by atoms with Gasteiger partial charge in [-0.2, -0.15) is 0 Å². The largest absolute Gasteiger partial charge is 0.289 e. The Morgan fingerprint density at radius 3 is 1.89 bits per heavy atom. The Kier molecular flexibility index (Phi) is 2.28. The molecule has 1 aliphatic rings. The van der Waals surface area contributed by atoms with Gasteiger partial charge in [-0.1, -0.05) is 24.3 Å². The fraction of sp³-hybridized carbons (Fsp3) is 0. The fourth-order valence-corrected chi connectivity index (χ4v) is 2.20. The molecule has 0 saturated carbocycles. The molecule has 0 spiro atoms. The van der Waals surface area contributed by atoms with Gasteiger partial charge in [0.15, 0.2) is 11.6 Å². The number of benzene rings is 2. The van der Waals surface area contributed by atoms with Gasteiger partial charge in [0, 0.05) is 34.4 Å². The molecule has 0 unspecified atom stereocenters. The minimum Gasteiger partial charge on any atom is -0.289 e. The van der Waals surface area contributed by atoms with E-state index in [1.165, 1.54) is 12.1 Å². The van der Waals surface area contributed by atoms with E-state index in [2.05, 4.69) is 0 Å². The van der Waals surface area contributed by atoms with Crippen molar-refractivity contribution in [3.8, 4) is 0 Å². The predicted molar refractivity (Wildman–Crippen MR) is 66.4 cm³/mol. The lowest BCUT2D eigenvalue weighted by Crippen LogP contribution is -2.20. The summed E-state index contributed by atoms with van der Waals surface area (Å²) in [5, 5.41) is 10.7. The van der Waals surface area contributed by atoms with Crippen LogP contribution in [-0.4, -0.2) is 16.5 Å². The Hall–Kier alpha value is -2.82. The molecule has 2 aromatic rings. The molecule has 5 nitrogen and oxygen atoms in total. The van der Waals surface area contributed by atoms with Gasteiger partial charge < -0.3 is 0 Å². The number of non-ortho nitro benzene ring substituents is 1. The van der Waals surface area contributed by atoms with Crippen molar-refractivity contribution in [1.29, 1.82) is 0 Å². The zero-order valence-electron chi connectivity index (χ0n) is 9.62. The summed E-state index contributed by atoms with van der Waals surface area (Å²) in [7, 11) is 0. The van der Waals surface area contributed by atoms with Crippen LogP contribution in [0.5, 0.6) is 0 Å². The van der Waals surface area contributed by atoms with Crippen LogP contribution in [0.1, 0.15) is 31.8 Å². The molecule has 5 heteroatoms. The second kappa shape index (κ2) is 3.84. The molecule has 0 aromatic heterocycles. The summed E-state index contributed by atoms with van der Waals surface area (Å²) in [5.41, 5.74) is 0.751. The Morgan fingerprint density at radius 1 is 0.789 bits per heavy atom. The van der Waals surface area contributed by atoms with Gasteiger partial charge in [0.05, 0.1) is 4.92 Å². The third kappa shape index (κ3) is 1.55. The maximum atomic E-state index is 12.3. The third-order valence-corrected chi connectivity index (χ3v) is 3.12. The number of hydrogen-bond acceptors (Lipinski definition) is 4. The zero-order valence-corrected chi connectivity index (χ0v) is 9.62. The van der Waals surface area contributed by atoms with E-state index in [0.717, 1.165) is 6.07 Å². The quantitative estimate of drug-likeness (QED) is 0.492. The third-order valence-electron chi connectivity index (χ3n) is 3.12. The van der Waals surface area contributed by atoms with E-state index in [1.54, 1.807) is 24.3 Å². The van der Waals surface area contributed by atoms with E-state index >= 15 is 0 Å². The zero-order chi connectivity index (χ0) is 13.6. The van der Waals surface area contributed by atoms with Gasteiger partial charge in [0.1, 0.15) is 0 Å². The lowest BCUT2D eigenvalue weighted by atomic mass is 9.84. The summed E-state index contributed by atoms with van der Waals surface area (Å²) in [4.78, 5) is 34.6. The molecule has 0 fully saturated rings. The number of carbonyl (C=O) groups is 2. The standard InChI is InChI=1S/C14H7NO4/c16-13-9-3-1-2-4-10(9)14(17)12-7-8(15(18)19)5-6-11(12)13/h1-7H. The van der Waals surface area contributed by atoms with Crippen LogP contribution in [0.3, 0.4) is 0 Å². The van der Waals surface area contributed by atoms with Crippen molar-refractivity contribution in [3.05, 3.63) is 74.8 Å². The summed E-state index contributed by atoms with van der Waals surface area (Å²) in [6, 6.07) is 10.2. The van der Waals surface area contributed by atoms with Crippen molar-refractivity contribution >= 4 is 17.3 Å². The lowest BCUT2D eigenvalue weighted by molar-refractivity contribution is -0.384. The summed E-state index contributed by atoms with van der Waals surface area (Å²) in [5.74, 6) is -0.631. The molecule has 0 aliphatic heterocycles. The molecule has 3 rings (SSSR count). The molecule has 1 aliphatic carbocycles. The minimum absolute atomic E-state index is 0.0953. The molecule has 0 atom stereocenters. The van der Waals surface area contributed by atoms with Crippen molar-refractivity contribution in [2.24, 2.45) is 0 Å². The van der Waals surface area contributed by atoms with Gasteiger partial charge in [-0.15, -0.1) is 0 Å². The van der Waals surface area contributed by atoms with Gasteiger partial charge >= 0.3 is 0 Å². The average molecular weight is 253 g/mol. The summed E-state index contributed by atoms with van der Waals surface area (Å²) in [6.07, 6.45) is 0. The molecule has 92 valence electrons. The van der Waals surface area contributed by atoms with Gasteiger partial charge in [0.2, 0.25) is 0 Å². The Labute approximate surface area is 107 Å². The van der Waals surface area contributed by atoms with Crippen molar-refractivity contribution in [2.75, 3.05) is 0 Å². The van der Waals surface area contributed by atoms with Crippen LogP contribution in [0.25, 0.3) is 0 Å². The molecule has 0 saturated heterocycles. The van der Waals surface area contributed by atoms with Crippen molar-refractivity contribution < 1.29 is 14.5 Å². The second-order valence-electron chi connectivity index (χ2n) is 4.19. The van der Waals surface area contributed by atoms with Gasteiger partial charge in [-0.05, 0) is 6.07 Å². The normalized spacial score (nSPS) is 12.8. The SMILES string of the molecule is O=C1c2ccccc2C(=O)c2cc([N+](=O)[O-])ccc21. The van der Waals surface area contributed by atoms with Crippen LogP contribution in [-0.2, 0) is 0 Å². The van der Waals surface area contributed by atoms with Crippen molar-refractivity contribution in [3.63, 3.8) is 0 Å². The molecule has 19 heavy (non-hydrogen) atoms. The van der Waals surface area contributed by atoms with Crippen LogP contribution < -0.4 is 0 Å². The van der Waals surface area contributed by atoms with E-state index in [-0.39, 0.29) is 28.4 Å². The topological polar surface area (TPSA) is 77.3 Å². The molecule has 2 aromatic carbocycles. The highest BCUT2D eigenvalue weighted by Crippen LogP contribution is 2.29. The summed E-state index contributed by atoms with van der Waals surface area (Å²) < 4.78 is 0. The number of nitrogens with zero attached hydrogens (tertiary/aromatic N) is 1. The van der Waals surface area contributed by atoms with Crippen LogP contribution in [0.4, 0.5) is 5.69 Å². The van der Waals surface area contributed by atoms with Gasteiger partial charge in [0.25, 0.3) is 5.69 Å². The van der Waals surface area contributed by atoms with E-state index in [0.29, 0.717) is 11.1 Å². The maximum absolute atomic E-state index is 12.3. The number of carbonyl (C=O) groups excluding carboxylic acids is 2. The monoisotopic (exact) mass is 253 g/mol. The predicted octanol–water partition coefficient (Wildman–Crippen LogP) is 2.37. The van der Waals surface area contributed by atoms with Crippen molar-refractivity contribution in [1.82, 2.24) is 0 Å². The molecule has 0 heterocycles. The Bertz CT molecular complexity index is 749. The van der Waals surface area contributed by atoms with Crippen molar-refractivity contribution in [2.45, 2.75) is 0 Å². The van der Waals surface area contributed by atoms with Gasteiger partial charge in [-0.3, -0.25) is 19.7 Å². The minimum atomic E-state index is -0.585. The van der Waals surface area contributed by atoms with Crippen LogP contribution in [0, 0.1) is 10.1 Å². The smallest absolute Gasteiger partial charge is 0.270 e. The molecule has 0 bridgehead atoms. The first-order valence-corrected chi connectivity index (χ1v) is 5.56.